The second kappa shape index (κ2) is 7.96. The van der Waals surface area contributed by atoms with Gasteiger partial charge in [0.05, 0.1) is 18.4 Å². The maximum absolute atomic E-state index is 12.8. The molecule has 8 nitrogen and oxygen atoms in total. The van der Waals surface area contributed by atoms with E-state index >= 15 is 0 Å². The average molecular weight is 335 g/mol. The predicted octanol–water partition coefficient (Wildman–Crippen LogP) is 1.51. The third kappa shape index (κ3) is 3.43. The number of aromatic amines is 1. The van der Waals surface area contributed by atoms with Crippen LogP contribution < -0.4 is 16.3 Å². The molecular weight excluding hydrogens is 310 g/mol. The minimum Gasteiger partial charge on any atom is -0.295 e. The Balaban J connectivity index is 2.62. The standard InChI is InChI=1S/C16H25N5O3/c1-4-7-19-13(6-3)14(15(22)20(8-5-2)16(19)23)21(24)11-12-9-17-18-10-12/h9-10,24H,4-8,11H2,1-3H3,(H,17,18). The van der Waals surface area contributed by atoms with E-state index in [0.717, 1.165) is 17.0 Å². The molecule has 2 aromatic heterocycles. The molecule has 0 spiro atoms. The molecule has 0 fully saturated rings. The van der Waals surface area contributed by atoms with Crippen LogP contribution in [0.4, 0.5) is 5.69 Å². The van der Waals surface area contributed by atoms with Crippen LogP contribution in [-0.2, 0) is 26.1 Å². The first-order valence-corrected chi connectivity index (χ1v) is 8.35. The Hall–Kier alpha value is -2.35. The van der Waals surface area contributed by atoms with Crippen molar-refractivity contribution in [2.75, 3.05) is 5.06 Å². The molecule has 0 aromatic carbocycles. The van der Waals surface area contributed by atoms with Crippen LogP contribution in [0, 0.1) is 0 Å². The quantitative estimate of drug-likeness (QED) is 0.713. The second-order valence-electron chi connectivity index (χ2n) is 5.70. The fraction of sp³-hybridized carbons (Fsp3) is 0.562. The Morgan fingerprint density at radius 1 is 1.17 bits per heavy atom. The van der Waals surface area contributed by atoms with Gasteiger partial charge in [0.2, 0.25) is 0 Å². The zero-order chi connectivity index (χ0) is 17.7. The largest absolute Gasteiger partial charge is 0.331 e. The highest BCUT2D eigenvalue weighted by Gasteiger charge is 2.21. The number of nitrogens with one attached hydrogen (secondary N) is 1. The van der Waals surface area contributed by atoms with Gasteiger partial charge in [0.1, 0.15) is 5.69 Å². The van der Waals surface area contributed by atoms with E-state index in [1.165, 1.54) is 4.57 Å². The summed E-state index contributed by atoms with van der Waals surface area (Å²) in [5.74, 6) is 0. The number of aromatic nitrogens is 4. The molecule has 0 aliphatic carbocycles. The van der Waals surface area contributed by atoms with E-state index in [2.05, 4.69) is 10.2 Å². The summed E-state index contributed by atoms with van der Waals surface area (Å²) in [5.41, 5.74) is 0.720. The van der Waals surface area contributed by atoms with Crippen LogP contribution in [0.1, 0.15) is 44.9 Å². The fourth-order valence-electron chi connectivity index (χ4n) is 2.84. The molecule has 8 heteroatoms. The molecule has 0 aliphatic rings. The van der Waals surface area contributed by atoms with Crippen molar-refractivity contribution in [3.05, 3.63) is 44.5 Å². The van der Waals surface area contributed by atoms with Gasteiger partial charge in [-0.25, -0.2) is 9.86 Å². The van der Waals surface area contributed by atoms with Gasteiger partial charge >= 0.3 is 5.69 Å². The topological polar surface area (TPSA) is 96.2 Å². The number of H-pyrrole nitrogens is 1. The van der Waals surface area contributed by atoms with Crippen molar-refractivity contribution in [3.8, 4) is 0 Å². The van der Waals surface area contributed by atoms with Crippen LogP contribution in [0.15, 0.2) is 22.0 Å². The van der Waals surface area contributed by atoms with E-state index in [1.807, 2.05) is 20.8 Å². The summed E-state index contributed by atoms with van der Waals surface area (Å²) in [6.07, 6.45) is 5.15. The molecule has 0 saturated heterocycles. The molecule has 0 aliphatic heterocycles. The summed E-state index contributed by atoms with van der Waals surface area (Å²) >= 11 is 0. The van der Waals surface area contributed by atoms with Gasteiger partial charge in [-0.3, -0.25) is 24.2 Å². The van der Waals surface area contributed by atoms with Crippen molar-refractivity contribution < 1.29 is 5.21 Å². The van der Waals surface area contributed by atoms with E-state index in [4.69, 9.17) is 0 Å². The van der Waals surface area contributed by atoms with Crippen molar-refractivity contribution in [3.63, 3.8) is 0 Å². The van der Waals surface area contributed by atoms with E-state index in [1.54, 1.807) is 17.0 Å². The Bertz CT molecular complexity index is 776. The minimum atomic E-state index is -0.447. The molecule has 2 rings (SSSR count). The highest BCUT2D eigenvalue weighted by Crippen LogP contribution is 2.16. The van der Waals surface area contributed by atoms with Crippen LogP contribution in [-0.4, -0.2) is 24.5 Å². The summed E-state index contributed by atoms with van der Waals surface area (Å²) in [5, 5.41) is 18.0. The molecular formula is C16H25N5O3. The van der Waals surface area contributed by atoms with Crippen LogP contribution in [0.5, 0.6) is 0 Å². The molecule has 0 unspecified atom stereocenters. The summed E-state index contributed by atoms with van der Waals surface area (Å²) in [4.78, 5) is 25.5. The highest BCUT2D eigenvalue weighted by molar-refractivity contribution is 5.47. The van der Waals surface area contributed by atoms with Gasteiger partial charge in [0.15, 0.2) is 0 Å². The number of hydrogen-bond acceptors (Lipinski definition) is 5. The molecule has 2 heterocycles. The third-order valence-corrected chi connectivity index (χ3v) is 3.88. The predicted molar refractivity (Wildman–Crippen MR) is 91.5 cm³/mol. The first-order chi connectivity index (χ1) is 11.5. The summed E-state index contributed by atoms with van der Waals surface area (Å²) in [6, 6.07) is 0. The molecule has 0 amide bonds. The van der Waals surface area contributed by atoms with Crippen molar-refractivity contribution in [1.29, 1.82) is 0 Å². The summed E-state index contributed by atoms with van der Waals surface area (Å²) in [7, 11) is 0. The van der Waals surface area contributed by atoms with Crippen LogP contribution in [0.3, 0.4) is 0 Å². The number of rotatable bonds is 8. The molecule has 2 aromatic rings. The summed E-state index contributed by atoms with van der Waals surface area (Å²) in [6.45, 7) is 6.72. The smallest absolute Gasteiger partial charge is 0.295 e. The molecule has 0 saturated carbocycles. The maximum Gasteiger partial charge on any atom is 0.331 e. The lowest BCUT2D eigenvalue weighted by Gasteiger charge is -2.23. The first kappa shape index (κ1) is 18.0. The van der Waals surface area contributed by atoms with Gasteiger partial charge in [-0.1, -0.05) is 20.8 Å². The van der Waals surface area contributed by atoms with Gasteiger partial charge in [-0.05, 0) is 19.3 Å². The number of hydroxylamine groups is 1. The summed E-state index contributed by atoms with van der Waals surface area (Å²) < 4.78 is 2.81. The van der Waals surface area contributed by atoms with Gasteiger partial charge < -0.3 is 0 Å². The van der Waals surface area contributed by atoms with Crippen molar-refractivity contribution in [2.45, 2.75) is 59.7 Å². The van der Waals surface area contributed by atoms with Crippen molar-refractivity contribution >= 4 is 5.69 Å². The fourth-order valence-corrected chi connectivity index (χ4v) is 2.84. The lowest BCUT2D eigenvalue weighted by atomic mass is 10.2. The molecule has 24 heavy (non-hydrogen) atoms. The Morgan fingerprint density at radius 3 is 2.38 bits per heavy atom. The number of anilines is 1. The molecule has 132 valence electrons. The van der Waals surface area contributed by atoms with Gasteiger partial charge in [-0.2, -0.15) is 5.10 Å². The van der Waals surface area contributed by atoms with Crippen molar-refractivity contribution in [2.24, 2.45) is 0 Å². The molecule has 0 atom stereocenters. The Kier molecular flexibility index (Phi) is 5.97. The van der Waals surface area contributed by atoms with E-state index < -0.39 is 5.56 Å². The Labute approximate surface area is 140 Å². The first-order valence-electron chi connectivity index (χ1n) is 8.35. The second-order valence-corrected chi connectivity index (χ2v) is 5.70. The van der Waals surface area contributed by atoms with Crippen molar-refractivity contribution in [1.82, 2.24) is 19.3 Å². The van der Waals surface area contributed by atoms with Crippen LogP contribution in [0.2, 0.25) is 0 Å². The zero-order valence-corrected chi connectivity index (χ0v) is 14.4. The normalized spacial score (nSPS) is 11.0. The SMILES string of the molecule is CCCn1c(CC)c(N(O)Cc2cn[nH]c2)c(=O)n(CCC)c1=O. The minimum absolute atomic E-state index is 0.120. The maximum atomic E-state index is 12.8. The van der Waals surface area contributed by atoms with Gasteiger partial charge in [-0.15, -0.1) is 0 Å². The Morgan fingerprint density at radius 2 is 1.83 bits per heavy atom. The van der Waals surface area contributed by atoms with Crippen LogP contribution >= 0.6 is 0 Å². The lowest BCUT2D eigenvalue weighted by Crippen LogP contribution is -2.44. The number of nitrogens with zero attached hydrogens (tertiary/aromatic N) is 4. The molecule has 2 N–H and O–H groups in total. The monoisotopic (exact) mass is 335 g/mol. The average Bonchev–Trinajstić information content (AvgIpc) is 3.06. The van der Waals surface area contributed by atoms with Gasteiger partial charge in [0.25, 0.3) is 5.56 Å². The lowest BCUT2D eigenvalue weighted by molar-refractivity contribution is 0.245. The third-order valence-electron chi connectivity index (χ3n) is 3.88. The zero-order valence-electron chi connectivity index (χ0n) is 14.4. The van der Waals surface area contributed by atoms with E-state index in [0.29, 0.717) is 31.6 Å². The van der Waals surface area contributed by atoms with Gasteiger partial charge in [0, 0.05) is 24.8 Å². The highest BCUT2D eigenvalue weighted by atomic mass is 16.5. The van der Waals surface area contributed by atoms with E-state index in [9.17, 15) is 14.8 Å². The van der Waals surface area contributed by atoms with E-state index in [-0.39, 0.29) is 17.9 Å². The number of hydrogen-bond donors (Lipinski definition) is 2. The molecule has 0 bridgehead atoms. The molecule has 0 radical (unpaired) electrons. The van der Waals surface area contributed by atoms with Crippen LogP contribution in [0.25, 0.3) is 0 Å².